The lowest BCUT2D eigenvalue weighted by atomic mass is 9.64. The van der Waals surface area contributed by atoms with Crippen molar-refractivity contribution < 1.29 is 28.3 Å². The van der Waals surface area contributed by atoms with Crippen LogP contribution in [0.4, 0.5) is 5.69 Å². The fourth-order valence-corrected chi connectivity index (χ4v) is 11.5. The molecule has 3 fully saturated rings. The molecule has 1 spiro atoms. The van der Waals surface area contributed by atoms with E-state index in [0.29, 0.717) is 50.3 Å². The van der Waals surface area contributed by atoms with E-state index in [4.69, 9.17) is 25.8 Å². The molecule has 1 unspecified atom stereocenters. The van der Waals surface area contributed by atoms with Crippen LogP contribution in [0.25, 0.3) is 0 Å². The molecule has 7 atom stereocenters. The summed E-state index contributed by atoms with van der Waals surface area (Å²) in [5, 5.41) is 10.3. The van der Waals surface area contributed by atoms with E-state index in [1.165, 1.54) is 11.1 Å². The molecule has 0 aromatic heterocycles. The van der Waals surface area contributed by atoms with Crippen molar-refractivity contribution in [3.8, 4) is 5.75 Å². The summed E-state index contributed by atoms with van der Waals surface area (Å²) in [5.41, 5.74) is 3.77. The van der Waals surface area contributed by atoms with Crippen LogP contribution >= 0.6 is 11.6 Å². The fourth-order valence-electron chi connectivity index (χ4n) is 9.82. The topological polar surface area (TPSA) is 101 Å². The SMILES string of the molecule is C=S1(=O)NC(=O)c2ccc3c(c2)N(C[C@@H]2CC[C@H]2[C@H](C2OCC(N4CC(O)C4)CO2)CCC[C@H](C)[C@H]1C)C[C@@]1(CCCc2cc(Cl)ccc21)CO3. The Hall–Kier alpha value is -2.34. The number of aliphatic hydroxyl groups is 1. The predicted molar refractivity (Wildman–Crippen MR) is 202 cm³/mol. The van der Waals surface area contributed by atoms with Crippen LogP contribution in [-0.4, -0.2) is 95.7 Å². The number of hydrogen-bond acceptors (Lipinski definition) is 8. The molecule has 9 nitrogen and oxygen atoms in total. The maximum Gasteiger partial charge on any atom is 0.262 e. The third-order valence-corrected chi connectivity index (χ3v) is 15.7. The number of nitrogens with zero attached hydrogens (tertiary/aromatic N) is 2. The summed E-state index contributed by atoms with van der Waals surface area (Å²) in [7, 11) is -2.92. The van der Waals surface area contributed by atoms with Gasteiger partial charge in [-0.1, -0.05) is 31.0 Å². The standard InChI is InChI=1S/C40H54ClN3O6S/c1-25-6-4-8-34(39-48-21-31(22-49-39)43-19-32(45)20-43)33-12-9-29(33)18-44-23-40(15-5-7-27-16-30(41)11-13-35(27)40)24-50-37-14-10-28(17-36(37)44)38(46)42-51(3,47)26(25)2/h10-11,13-14,16-17,25-26,29,31-34,39,45H,3-9,12,15,18-24H2,1-2H3,(H,42,46,47)/t25-,26+,29-,31?,33+,34+,39?,40-,51?/m0/s1. The lowest BCUT2D eigenvalue weighted by Crippen LogP contribution is -2.60. The number of hydrogen-bond donors (Lipinski definition) is 2. The molecule has 278 valence electrons. The fraction of sp³-hybridized carbons (Fsp3) is 0.650. The lowest BCUT2D eigenvalue weighted by Gasteiger charge is -2.50. The largest absolute Gasteiger partial charge is 0.490 e. The van der Waals surface area contributed by atoms with E-state index in [0.717, 1.165) is 80.9 Å². The Morgan fingerprint density at radius 2 is 1.80 bits per heavy atom. The lowest BCUT2D eigenvalue weighted by molar-refractivity contribution is -0.250. The van der Waals surface area contributed by atoms with Crippen molar-refractivity contribution in [1.29, 1.82) is 0 Å². The Balaban J connectivity index is 1.13. The van der Waals surface area contributed by atoms with Crippen LogP contribution in [0.3, 0.4) is 0 Å². The molecule has 51 heavy (non-hydrogen) atoms. The Morgan fingerprint density at radius 3 is 2.55 bits per heavy atom. The summed E-state index contributed by atoms with van der Waals surface area (Å²) in [6, 6.07) is 12.2. The summed E-state index contributed by atoms with van der Waals surface area (Å²) in [4.78, 5) is 18.5. The number of halogens is 1. The zero-order valence-corrected chi connectivity index (χ0v) is 31.6. The molecule has 4 heterocycles. The van der Waals surface area contributed by atoms with E-state index < -0.39 is 9.71 Å². The Labute approximate surface area is 308 Å². The number of carbonyl (C=O) groups excluding carboxylic acids is 1. The van der Waals surface area contributed by atoms with E-state index in [-0.39, 0.29) is 46.8 Å². The molecule has 2 N–H and O–H groups in total. The van der Waals surface area contributed by atoms with Gasteiger partial charge in [0.25, 0.3) is 5.91 Å². The number of aliphatic hydroxyl groups excluding tert-OH is 1. The van der Waals surface area contributed by atoms with Crippen LogP contribution in [0.15, 0.2) is 36.4 Å². The second-order valence-corrected chi connectivity index (χ2v) is 19.4. The molecule has 2 saturated heterocycles. The molecule has 8 rings (SSSR count). The van der Waals surface area contributed by atoms with E-state index in [1.54, 1.807) is 6.07 Å². The highest BCUT2D eigenvalue weighted by Gasteiger charge is 2.47. The van der Waals surface area contributed by atoms with Gasteiger partial charge in [-0.05, 0) is 117 Å². The molecule has 6 aliphatic rings. The van der Waals surface area contributed by atoms with Gasteiger partial charge in [-0.15, -0.1) is 0 Å². The van der Waals surface area contributed by atoms with Crippen LogP contribution in [0.1, 0.15) is 80.3 Å². The number of β-amino-alcohol motifs (C(OH)–C–C–N with tert-alkyl or cyclic N) is 1. The van der Waals surface area contributed by atoms with E-state index in [9.17, 15) is 14.1 Å². The first-order valence-electron chi connectivity index (χ1n) is 19.1. The monoisotopic (exact) mass is 739 g/mol. The molecule has 1 saturated carbocycles. The van der Waals surface area contributed by atoms with E-state index in [1.807, 2.05) is 25.1 Å². The highest BCUT2D eigenvalue weighted by atomic mass is 35.5. The van der Waals surface area contributed by atoms with Gasteiger partial charge in [-0.3, -0.25) is 14.4 Å². The van der Waals surface area contributed by atoms with Crippen molar-refractivity contribution in [1.82, 2.24) is 9.62 Å². The van der Waals surface area contributed by atoms with Gasteiger partial charge in [0, 0.05) is 53.3 Å². The zero-order valence-electron chi connectivity index (χ0n) is 30.1. The number of ether oxygens (including phenoxy) is 3. The highest BCUT2D eigenvalue weighted by Crippen LogP contribution is 2.49. The molecule has 2 aliphatic carbocycles. The number of likely N-dealkylation sites (tertiary alicyclic amines) is 1. The summed E-state index contributed by atoms with van der Waals surface area (Å²) >= 11 is 6.49. The number of carbonyl (C=O) groups is 1. The number of benzene rings is 2. The first kappa shape index (κ1) is 35.7. The number of amides is 1. The normalized spacial score (nSPS) is 37.9. The minimum atomic E-state index is -2.92. The minimum Gasteiger partial charge on any atom is -0.490 e. The van der Waals surface area contributed by atoms with Gasteiger partial charge in [0.1, 0.15) is 5.75 Å². The molecule has 0 radical (unpaired) electrons. The van der Waals surface area contributed by atoms with Gasteiger partial charge >= 0.3 is 0 Å². The van der Waals surface area contributed by atoms with Crippen molar-refractivity contribution in [2.75, 3.05) is 50.9 Å². The molecule has 2 aromatic rings. The number of nitrogens with one attached hydrogen (secondary N) is 1. The second kappa shape index (κ2) is 14.1. The van der Waals surface area contributed by atoms with Crippen molar-refractivity contribution in [2.45, 2.75) is 94.3 Å². The Bertz CT molecular complexity index is 1730. The molecule has 2 bridgehead atoms. The van der Waals surface area contributed by atoms with Crippen molar-refractivity contribution in [3.63, 3.8) is 0 Å². The number of anilines is 1. The molecule has 4 aliphatic heterocycles. The molecule has 11 heteroatoms. The van der Waals surface area contributed by atoms with Gasteiger partial charge in [0.2, 0.25) is 0 Å². The first-order chi connectivity index (χ1) is 24.5. The van der Waals surface area contributed by atoms with Gasteiger partial charge in [0.15, 0.2) is 6.29 Å². The van der Waals surface area contributed by atoms with Crippen molar-refractivity contribution >= 4 is 38.8 Å². The van der Waals surface area contributed by atoms with Crippen LogP contribution in [0.5, 0.6) is 5.75 Å². The van der Waals surface area contributed by atoms with Crippen molar-refractivity contribution in [3.05, 3.63) is 58.1 Å². The van der Waals surface area contributed by atoms with Crippen LogP contribution in [0.2, 0.25) is 5.02 Å². The molecule has 1 amide bonds. The second-order valence-electron chi connectivity index (χ2n) is 16.5. The zero-order chi connectivity index (χ0) is 35.5. The maximum absolute atomic E-state index is 14.0. The van der Waals surface area contributed by atoms with Gasteiger partial charge in [-0.25, -0.2) is 4.21 Å². The molecular weight excluding hydrogens is 686 g/mol. The van der Waals surface area contributed by atoms with Crippen LogP contribution in [0, 0.1) is 23.7 Å². The van der Waals surface area contributed by atoms with Crippen LogP contribution < -0.4 is 14.4 Å². The Kier molecular flexibility index (Phi) is 9.89. The van der Waals surface area contributed by atoms with Crippen LogP contribution in [-0.2, 0) is 31.0 Å². The van der Waals surface area contributed by atoms with Gasteiger partial charge in [0.05, 0.1) is 47.4 Å². The summed E-state index contributed by atoms with van der Waals surface area (Å²) < 4.78 is 36.6. The highest BCUT2D eigenvalue weighted by molar-refractivity contribution is 7.99. The molecule has 2 aromatic carbocycles. The van der Waals surface area contributed by atoms with E-state index >= 15 is 0 Å². The average molecular weight is 740 g/mol. The molecular formula is C40H54ClN3O6S. The number of aryl methyl sites for hydroxylation is 1. The van der Waals surface area contributed by atoms with Crippen molar-refractivity contribution in [2.24, 2.45) is 23.7 Å². The number of rotatable bonds is 2. The first-order valence-corrected chi connectivity index (χ1v) is 21.3. The summed E-state index contributed by atoms with van der Waals surface area (Å²) in [6.07, 6.45) is 7.61. The Morgan fingerprint density at radius 1 is 1.00 bits per heavy atom. The third-order valence-electron chi connectivity index (χ3n) is 13.3. The minimum absolute atomic E-state index is 0.108. The quantitative estimate of drug-likeness (QED) is 0.393. The maximum atomic E-state index is 14.0. The van der Waals surface area contributed by atoms with E-state index in [2.05, 4.69) is 39.4 Å². The summed E-state index contributed by atoms with van der Waals surface area (Å²) in [5.74, 6) is 5.69. The predicted octanol–water partition coefficient (Wildman–Crippen LogP) is 5.44. The number of fused-ring (bicyclic) bond motifs is 4. The summed E-state index contributed by atoms with van der Waals surface area (Å²) in [6.45, 7) is 8.84. The van der Waals surface area contributed by atoms with Gasteiger partial charge < -0.3 is 24.2 Å². The smallest absolute Gasteiger partial charge is 0.262 e. The van der Waals surface area contributed by atoms with Gasteiger partial charge in [-0.2, -0.15) is 0 Å². The average Bonchev–Trinajstić information content (AvgIpc) is 3.24. The third kappa shape index (κ3) is 6.94.